The van der Waals surface area contributed by atoms with E-state index in [9.17, 15) is 0 Å². The van der Waals surface area contributed by atoms with Crippen LogP contribution in [0.25, 0.3) is 0 Å². The Kier molecular flexibility index (Phi) is 4.16. The minimum Gasteiger partial charge on any atom is -0.327 e. The van der Waals surface area contributed by atoms with Gasteiger partial charge in [-0.1, -0.05) is 34.1 Å². The number of hydrogen-bond donors (Lipinski definition) is 1. The second-order valence-corrected chi connectivity index (χ2v) is 5.53. The van der Waals surface area contributed by atoms with Gasteiger partial charge in [0.05, 0.1) is 0 Å². The maximum Gasteiger partial charge on any atom is 0.0207 e. The average Bonchev–Trinajstić information content (AvgIpc) is 2.74. The second kappa shape index (κ2) is 5.62. The van der Waals surface area contributed by atoms with E-state index in [1.165, 1.54) is 11.1 Å². The molecule has 1 aromatic carbocycles. The van der Waals surface area contributed by atoms with Crippen molar-refractivity contribution < 1.29 is 0 Å². The van der Waals surface area contributed by atoms with Gasteiger partial charge in [0.1, 0.15) is 0 Å². The van der Waals surface area contributed by atoms with E-state index in [0.29, 0.717) is 0 Å². The second-order valence-electron chi connectivity index (χ2n) is 3.89. The number of nitrogens with two attached hydrogens (primary N) is 1. The summed E-state index contributed by atoms with van der Waals surface area (Å²) in [7, 11) is 0. The van der Waals surface area contributed by atoms with Crippen molar-refractivity contribution >= 4 is 27.3 Å². The molecular weight excluding hydrogens is 282 g/mol. The molecule has 2 rings (SSSR count). The van der Waals surface area contributed by atoms with Crippen molar-refractivity contribution in [2.24, 2.45) is 5.73 Å². The van der Waals surface area contributed by atoms with Crippen molar-refractivity contribution in [3.05, 3.63) is 56.7 Å². The predicted molar refractivity (Wildman–Crippen MR) is 73.8 cm³/mol. The minimum absolute atomic E-state index is 0.188. The van der Waals surface area contributed by atoms with Crippen LogP contribution in [0, 0.1) is 0 Å². The van der Waals surface area contributed by atoms with Gasteiger partial charge in [-0.25, -0.2) is 0 Å². The third-order valence-corrected chi connectivity index (χ3v) is 4.02. The van der Waals surface area contributed by atoms with Gasteiger partial charge >= 0.3 is 0 Å². The predicted octanol–water partition coefficient (Wildman–Crippen LogP) is 3.62. The highest BCUT2D eigenvalue weighted by molar-refractivity contribution is 9.10. The van der Waals surface area contributed by atoms with Crippen LogP contribution in [0.1, 0.15) is 11.1 Å². The highest BCUT2D eigenvalue weighted by Crippen LogP contribution is 2.18. The van der Waals surface area contributed by atoms with E-state index < -0.39 is 0 Å². The van der Waals surface area contributed by atoms with Crippen molar-refractivity contribution in [3.8, 4) is 0 Å². The van der Waals surface area contributed by atoms with E-state index in [0.717, 1.165) is 17.3 Å². The van der Waals surface area contributed by atoms with Crippen molar-refractivity contribution in [1.29, 1.82) is 0 Å². The fourth-order valence-electron chi connectivity index (χ4n) is 1.73. The van der Waals surface area contributed by atoms with Crippen LogP contribution >= 0.6 is 27.3 Å². The number of halogens is 1. The lowest BCUT2D eigenvalue weighted by molar-refractivity contribution is 0.664. The minimum atomic E-state index is 0.188. The first-order valence-electron chi connectivity index (χ1n) is 5.26. The molecule has 0 amide bonds. The molecule has 3 heteroatoms. The number of thiophene rings is 1. The zero-order chi connectivity index (χ0) is 11.4. The van der Waals surface area contributed by atoms with Gasteiger partial charge in [0.2, 0.25) is 0 Å². The maximum atomic E-state index is 6.15. The van der Waals surface area contributed by atoms with Crippen molar-refractivity contribution in [2.75, 3.05) is 0 Å². The van der Waals surface area contributed by atoms with Gasteiger partial charge in [-0.15, -0.1) is 0 Å². The van der Waals surface area contributed by atoms with Crippen molar-refractivity contribution in [3.63, 3.8) is 0 Å². The van der Waals surface area contributed by atoms with Crippen LogP contribution in [0.5, 0.6) is 0 Å². The fourth-order valence-corrected chi connectivity index (χ4v) is 2.86. The maximum absolute atomic E-state index is 6.15. The first-order valence-corrected chi connectivity index (χ1v) is 6.99. The molecule has 0 bridgehead atoms. The molecule has 2 N–H and O–H groups in total. The van der Waals surface area contributed by atoms with Gasteiger partial charge in [0.25, 0.3) is 0 Å². The highest BCUT2D eigenvalue weighted by Gasteiger charge is 2.07. The van der Waals surface area contributed by atoms with E-state index in [-0.39, 0.29) is 6.04 Å². The molecular formula is C13H14BrNS. The molecule has 84 valence electrons. The van der Waals surface area contributed by atoms with Gasteiger partial charge < -0.3 is 5.73 Å². The van der Waals surface area contributed by atoms with Gasteiger partial charge in [-0.3, -0.25) is 0 Å². The summed E-state index contributed by atoms with van der Waals surface area (Å²) >= 11 is 5.28. The molecule has 0 saturated heterocycles. The fraction of sp³-hybridized carbons (Fsp3) is 0.231. The molecule has 1 heterocycles. The zero-order valence-corrected chi connectivity index (χ0v) is 11.3. The lowest BCUT2D eigenvalue weighted by Crippen LogP contribution is -2.25. The van der Waals surface area contributed by atoms with E-state index >= 15 is 0 Å². The Morgan fingerprint density at radius 1 is 1.19 bits per heavy atom. The molecule has 0 fully saturated rings. The summed E-state index contributed by atoms with van der Waals surface area (Å²) in [6, 6.07) is 10.6. The normalized spacial score (nSPS) is 12.6. The molecule has 0 aliphatic rings. The standard InChI is InChI=1S/C13H14BrNS/c14-13-4-2-1-3-11(13)8-12(15)7-10-5-6-16-9-10/h1-6,9,12H,7-8,15H2. The topological polar surface area (TPSA) is 26.0 Å². The summed E-state index contributed by atoms with van der Waals surface area (Å²) in [6.07, 6.45) is 1.86. The summed E-state index contributed by atoms with van der Waals surface area (Å²) in [4.78, 5) is 0. The summed E-state index contributed by atoms with van der Waals surface area (Å²) in [5.41, 5.74) is 8.77. The molecule has 0 aliphatic carbocycles. The Hall–Kier alpha value is -0.640. The monoisotopic (exact) mass is 295 g/mol. The van der Waals surface area contributed by atoms with Gasteiger partial charge in [-0.05, 0) is 46.9 Å². The first kappa shape index (κ1) is 11.8. The zero-order valence-electron chi connectivity index (χ0n) is 8.90. The van der Waals surface area contributed by atoms with Crippen molar-refractivity contribution in [2.45, 2.75) is 18.9 Å². The van der Waals surface area contributed by atoms with Gasteiger partial charge in [-0.2, -0.15) is 11.3 Å². The molecule has 0 aliphatic heterocycles. The van der Waals surface area contributed by atoms with Gasteiger partial charge in [0.15, 0.2) is 0 Å². The Bertz CT molecular complexity index is 439. The molecule has 1 nitrogen and oxygen atoms in total. The summed E-state index contributed by atoms with van der Waals surface area (Å²) < 4.78 is 1.15. The Morgan fingerprint density at radius 3 is 2.69 bits per heavy atom. The molecule has 0 radical (unpaired) electrons. The lowest BCUT2D eigenvalue weighted by Gasteiger charge is -2.11. The van der Waals surface area contributed by atoms with Gasteiger partial charge in [0, 0.05) is 10.5 Å². The Labute approximate surface area is 108 Å². The summed E-state index contributed by atoms with van der Waals surface area (Å²) in [5.74, 6) is 0. The van der Waals surface area contributed by atoms with Crippen LogP contribution in [0.3, 0.4) is 0 Å². The largest absolute Gasteiger partial charge is 0.327 e. The summed E-state index contributed by atoms with van der Waals surface area (Å²) in [6.45, 7) is 0. The highest BCUT2D eigenvalue weighted by atomic mass is 79.9. The van der Waals surface area contributed by atoms with E-state index in [1.807, 2.05) is 6.07 Å². The van der Waals surface area contributed by atoms with E-state index in [1.54, 1.807) is 11.3 Å². The average molecular weight is 296 g/mol. The lowest BCUT2D eigenvalue weighted by atomic mass is 10.0. The molecule has 16 heavy (non-hydrogen) atoms. The van der Waals surface area contributed by atoms with E-state index in [2.05, 4.69) is 51.0 Å². The Balaban J connectivity index is 1.97. The summed E-state index contributed by atoms with van der Waals surface area (Å²) in [5, 5.41) is 4.26. The van der Waals surface area contributed by atoms with Crippen LogP contribution in [0.15, 0.2) is 45.6 Å². The SMILES string of the molecule is NC(Cc1ccsc1)Cc1ccccc1Br. The quantitative estimate of drug-likeness (QED) is 0.916. The molecule has 1 aromatic heterocycles. The van der Waals surface area contributed by atoms with E-state index in [4.69, 9.17) is 5.73 Å². The van der Waals surface area contributed by atoms with Crippen LogP contribution in [0.2, 0.25) is 0 Å². The molecule has 0 spiro atoms. The third kappa shape index (κ3) is 3.17. The molecule has 2 aromatic rings. The Morgan fingerprint density at radius 2 is 2.00 bits per heavy atom. The first-order chi connectivity index (χ1) is 7.75. The third-order valence-electron chi connectivity index (χ3n) is 2.52. The smallest absolute Gasteiger partial charge is 0.0207 e. The number of benzene rings is 1. The van der Waals surface area contributed by atoms with Crippen LogP contribution in [-0.4, -0.2) is 6.04 Å². The van der Waals surface area contributed by atoms with Crippen molar-refractivity contribution in [1.82, 2.24) is 0 Å². The van der Waals surface area contributed by atoms with Crippen LogP contribution < -0.4 is 5.73 Å². The number of hydrogen-bond acceptors (Lipinski definition) is 2. The van der Waals surface area contributed by atoms with Crippen LogP contribution in [0.4, 0.5) is 0 Å². The molecule has 0 saturated carbocycles. The van der Waals surface area contributed by atoms with Crippen LogP contribution in [-0.2, 0) is 12.8 Å². The molecule has 1 atom stereocenters. The number of rotatable bonds is 4. The molecule has 1 unspecified atom stereocenters.